The van der Waals surface area contributed by atoms with E-state index in [0.717, 1.165) is 37.4 Å². The molecule has 0 aliphatic carbocycles. The molecule has 1 saturated heterocycles. The highest BCUT2D eigenvalue weighted by Crippen LogP contribution is 2.33. The van der Waals surface area contributed by atoms with Gasteiger partial charge in [-0.15, -0.1) is 0 Å². The zero-order valence-electron chi connectivity index (χ0n) is 12.3. The fourth-order valence-corrected chi connectivity index (χ4v) is 3.73. The first-order valence-corrected chi connectivity index (χ1v) is 8.05. The zero-order chi connectivity index (χ0) is 15.6. The first-order valence-electron chi connectivity index (χ1n) is 7.06. The number of nitrogens with zero attached hydrogens (tertiary/aromatic N) is 1. The van der Waals surface area contributed by atoms with E-state index in [1.807, 2.05) is 11.8 Å². The number of benzene rings is 1. The normalized spacial score (nSPS) is 21.0. The number of hydrogen-bond acceptors (Lipinski definition) is 3. The molecular weight excluding hydrogens is 297 g/mol. The van der Waals surface area contributed by atoms with Gasteiger partial charge in [0, 0.05) is 36.2 Å². The van der Waals surface area contributed by atoms with Gasteiger partial charge in [-0.3, -0.25) is 4.90 Å². The van der Waals surface area contributed by atoms with Crippen LogP contribution in [-0.4, -0.2) is 35.0 Å². The standard InChI is InChI=1S/C15H21F3N2S/c1-15(2)3-4-20(5-6-21-15)13(9-19)10-7-11(16)14(18)12(17)8-10/h7-8,13H,3-6,9,19H2,1-2H3. The molecule has 2 N–H and O–H groups in total. The van der Waals surface area contributed by atoms with Crippen molar-refractivity contribution in [2.75, 3.05) is 25.4 Å². The minimum Gasteiger partial charge on any atom is -0.329 e. The topological polar surface area (TPSA) is 29.3 Å². The van der Waals surface area contributed by atoms with Crippen LogP contribution in [0.15, 0.2) is 12.1 Å². The Morgan fingerprint density at radius 2 is 1.86 bits per heavy atom. The van der Waals surface area contributed by atoms with Crippen molar-refractivity contribution in [3.63, 3.8) is 0 Å². The van der Waals surface area contributed by atoms with Crippen molar-refractivity contribution >= 4 is 11.8 Å². The molecule has 1 fully saturated rings. The third kappa shape index (κ3) is 3.93. The average molecular weight is 318 g/mol. The van der Waals surface area contributed by atoms with Crippen molar-refractivity contribution in [2.45, 2.75) is 31.1 Å². The summed E-state index contributed by atoms with van der Waals surface area (Å²) in [5.41, 5.74) is 6.21. The first-order chi connectivity index (χ1) is 9.84. The van der Waals surface area contributed by atoms with Gasteiger partial charge in [0.1, 0.15) is 0 Å². The number of hydrogen-bond donors (Lipinski definition) is 1. The molecule has 21 heavy (non-hydrogen) atoms. The van der Waals surface area contributed by atoms with Crippen molar-refractivity contribution in [3.8, 4) is 0 Å². The Kier molecular flexibility index (Phi) is 5.22. The molecule has 0 bridgehead atoms. The van der Waals surface area contributed by atoms with Crippen LogP contribution < -0.4 is 5.73 Å². The minimum absolute atomic E-state index is 0.188. The van der Waals surface area contributed by atoms with Crippen LogP contribution in [0.4, 0.5) is 13.2 Å². The molecule has 0 aromatic heterocycles. The maximum Gasteiger partial charge on any atom is 0.194 e. The van der Waals surface area contributed by atoms with Crippen molar-refractivity contribution in [2.24, 2.45) is 5.73 Å². The van der Waals surface area contributed by atoms with Gasteiger partial charge in [0.05, 0.1) is 0 Å². The molecule has 0 radical (unpaired) electrons. The molecule has 0 saturated carbocycles. The maximum absolute atomic E-state index is 13.4. The summed E-state index contributed by atoms with van der Waals surface area (Å²) in [6, 6.07) is 1.82. The average Bonchev–Trinajstić information content (AvgIpc) is 2.58. The van der Waals surface area contributed by atoms with Gasteiger partial charge in [0.15, 0.2) is 17.5 Å². The van der Waals surface area contributed by atoms with E-state index in [2.05, 4.69) is 18.7 Å². The number of thioether (sulfide) groups is 1. The van der Waals surface area contributed by atoms with E-state index in [9.17, 15) is 13.2 Å². The van der Waals surface area contributed by atoms with Crippen LogP contribution >= 0.6 is 11.8 Å². The maximum atomic E-state index is 13.4. The number of rotatable bonds is 3. The lowest BCUT2D eigenvalue weighted by molar-refractivity contribution is 0.209. The Balaban J connectivity index is 2.23. The van der Waals surface area contributed by atoms with Gasteiger partial charge in [-0.05, 0) is 24.1 Å². The van der Waals surface area contributed by atoms with Crippen molar-refractivity contribution in [3.05, 3.63) is 35.1 Å². The molecule has 1 aliphatic rings. The molecule has 6 heteroatoms. The van der Waals surface area contributed by atoms with E-state index >= 15 is 0 Å². The molecule has 2 nitrogen and oxygen atoms in total. The van der Waals surface area contributed by atoms with Crippen LogP contribution in [0.2, 0.25) is 0 Å². The molecule has 1 heterocycles. The summed E-state index contributed by atoms with van der Waals surface area (Å²) in [6.45, 7) is 6.24. The van der Waals surface area contributed by atoms with Gasteiger partial charge < -0.3 is 5.73 Å². The summed E-state index contributed by atoms with van der Waals surface area (Å²) >= 11 is 1.89. The lowest BCUT2D eigenvalue weighted by Gasteiger charge is -2.30. The summed E-state index contributed by atoms with van der Waals surface area (Å²) in [7, 11) is 0. The molecule has 118 valence electrons. The second-order valence-corrected chi connectivity index (χ2v) is 7.75. The van der Waals surface area contributed by atoms with Gasteiger partial charge in [-0.2, -0.15) is 11.8 Å². The third-order valence-electron chi connectivity index (χ3n) is 3.93. The molecule has 0 amide bonds. The van der Waals surface area contributed by atoms with E-state index < -0.39 is 17.5 Å². The van der Waals surface area contributed by atoms with E-state index in [1.165, 1.54) is 0 Å². The summed E-state index contributed by atoms with van der Waals surface area (Å²) in [6.07, 6.45) is 0.973. The quantitative estimate of drug-likeness (QED) is 0.867. The summed E-state index contributed by atoms with van der Waals surface area (Å²) in [5.74, 6) is -2.81. The molecule has 1 aromatic rings. The Hall–Kier alpha value is -0.720. The summed E-state index contributed by atoms with van der Waals surface area (Å²) < 4.78 is 40.1. The highest BCUT2D eigenvalue weighted by Gasteiger charge is 2.28. The highest BCUT2D eigenvalue weighted by atomic mass is 32.2. The molecule has 1 unspecified atom stereocenters. The number of halogens is 3. The van der Waals surface area contributed by atoms with Crippen LogP contribution in [0.5, 0.6) is 0 Å². The fourth-order valence-electron chi connectivity index (χ4n) is 2.61. The Labute approximate surface area is 127 Å². The van der Waals surface area contributed by atoms with E-state index in [0.29, 0.717) is 5.56 Å². The molecule has 1 aromatic carbocycles. The molecule has 1 aliphatic heterocycles. The van der Waals surface area contributed by atoms with Crippen LogP contribution in [-0.2, 0) is 0 Å². The predicted molar refractivity (Wildman–Crippen MR) is 80.8 cm³/mol. The van der Waals surface area contributed by atoms with Crippen molar-refractivity contribution in [1.29, 1.82) is 0 Å². The minimum atomic E-state index is -1.43. The van der Waals surface area contributed by atoms with Crippen LogP contribution in [0.3, 0.4) is 0 Å². The lowest BCUT2D eigenvalue weighted by atomic mass is 10.0. The van der Waals surface area contributed by atoms with Gasteiger partial charge in [0.25, 0.3) is 0 Å². The molecule has 2 rings (SSSR count). The molecule has 1 atom stereocenters. The second-order valence-electron chi connectivity index (χ2n) is 5.94. The zero-order valence-corrected chi connectivity index (χ0v) is 13.2. The first kappa shape index (κ1) is 16.6. The molecular formula is C15H21F3N2S. The Morgan fingerprint density at radius 1 is 1.24 bits per heavy atom. The lowest BCUT2D eigenvalue weighted by Crippen LogP contribution is -2.36. The van der Waals surface area contributed by atoms with Crippen molar-refractivity contribution in [1.82, 2.24) is 4.90 Å². The predicted octanol–water partition coefficient (Wildman–Crippen LogP) is 3.32. The van der Waals surface area contributed by atoms with Crippen molar-refractivity contribution < 1.29 is 13.2 Å². The van der Waals surface area contributed by atoms with Crippen LogP contribution in [0, 0.1) is 17.5 Å². The Bertz CT molecular complexity index is 485. The fraction of sp³-hybridized carbons (Fsp3) is 0.600. The van der Waals surface area contributed by atoms with Gasteiger partial charge in [0.2, 0.25) is 0 Å². The molecule has 0 spiro atoms. The van der Waals surface area contributed by atoms with Crippen LogP contribution in [0.1, 0.15) is 31.9 Å². The SMILES string of the molecule is CC1(C)CCN(C(CN)c2cc(F)c(F)c(F)c2)CCS1. The van der Waals surface area contributed by atoms with E-state index in [1.54, 1.807) is 0 Å². The Morgan fingerprint density at radius 3 is 2.43 bits per heavy atom. The van der Waals surface area contributed by atoms with Gasteiger partial charge in [-0.25, -0.2) is 13.2 Å². The third-order valence-corrected chi connectivity index (χ3v) is 5.30. The largest absolute Gasteiger partial charge is 0.329 e. The van der Waals surface area contributed by atoms with E-state index in [-0.39, 0.29) is 17.3 Å². The van der Waals surface area contributed by atoms with Crippen LogP contribution in [0.25, 0.3) is 0 Å². The summed E-state index contributed by atoms with van der Waals surface area (Å²) in [5, 5.41) is 0. The monoisotopic (exact) mass is 318 g/mol. The highest BCUT2D eigenvalue weighted by molar-refractivity contribution is 8.00. The number of nitrogens with two attached hydrogens (primary N) is 1. The van der Waals surface area contributed by atoms with Gasteiger partial charge in [-0.1, -0.05) is 13.8 Å². The smallest absolute Gasteiger partial charge is 0.194 e. The second kappa shape index (κ2) is 6.58. The van der Waals surface area contributed by atoms with Gasteiger partial charge >= 0.3 is 0 Å². The van der Waals surface area contributed by atoms with E-state index in [4.69, 9.17) is 5.73 Å². The summed E-state index contributed by atoms with van der Waals surface area (Å²) in [4.78, 5) is 2.13.